The smallest absolute Gasteiger partial charge is 0.303 e. The van der Waals surface area contributed by atoms with Gasteiger partial charge in [-0.15, -0.1) is 0 Å². The molecule has 0 saturated heterocycles. The van der Waals surface area contributed by atoms with E-state index in [1.807, 2.05) is 20.9 Å². The summed E-state index contributed by atoms with van der Waals surface area (Å²) in [5, 5.41) is 13.2. The van der Waals surface area contributed by atoms with Crippen LogP contribution < -0.4 is 0 Å². The van der Waals surface area contributed by atoms with Crippen LogP contribution in [0.15, 0.2) is 0 Å². The summed E-state index contributed by atoms with van der Waals surface area (Å²) in [6.45, 7) is 8.14. The zero-order valence-electron chi connectivity index (χ0n) is 11.9. The third-order valence-electron chi connectivity index (χ3n) is 2.75. The third-order valence-corrected chi connectivity index (χ3v) is 2.75. The van der Waals surface area contributed by atoms with E-state index in [4.69, 9.17) is 5.11 Å². The van der Waals surface area contributed by atoms with E-state index in [0.29, 0.717) is 12.3 Å². The molecule has 5 heteroatoms. The second-order valence-electron chi connectivity index (χ2n) is 6.08. The Hall–Kier alpha value is -1.39. The molecule has 0 aliphatic heterocycles. The number of rotatable bonds is 6. The highest BCUT2D eigenvalue weighted by molar-refractivity contribution is 5.67. The van der Waals surface area contributed by atoms with Gasteiger partial charge in [-0.05, 0) is 11.3 Å². The van der Waals surface area contributed by atoms with Crippen LogP contribution in [-0.2, 0) is 24.7 Å². The van der Waals surface area contributed by atoms with Crippen molar-refractivity contribution in [3.05, 3.63) is 11.6 Å². The van der Waals surface area contributed by atoms with E-state index in [0.717, 1.165) is 18.1 Å². The number of hydrogen-bond acceptors (Lipinski definition) is 3. The fourth-order valence-corrected chi connectivity index (χ4v) is 1.98. The van der Waals surface area contributed by atoms with Gasteiger partial charge in [-0.25, -0.2) is 4.98 Å². The van der Waals surface area contributed by atoms with E-state index in [-0.39, 0.29) is 11.8 Å². The Labute approximate surface area is 108 Å². The van der Waals surface area contributed by atoms with Crippen molar-refractivity contribution in [1.29, 1.82) is 0 Å². The van der Waals surface area contributed by atoms with Crippen LogP contribution in [0.2, 0.25) is 0 Å². The van der Waals surface area contributed by atoms with Gasteiger partial charge in [-0.2, -0.15) is 5.10 Å². The average molecular weight is 253 g/mol. The van der Waals surface area contributed by atoms with Gasteiger partial charge >= 0.3 is 5.97 Å². The number of aryl methyl sites for hydroxylation is 1. The summed E-state index contributed by atoms with van der Waals surface area (Å²) < 4.78 is 1.77. The number of nitrogens with zero attached hydrogens (tertiary/aromatic N) is 3. The number of carboxylic acid groups (broad SMARTS) is 1. The molecule has 0 aliphatic carbocycles. The molecular formula is C13H23N3O2. The van der Waals surface area contributed by atoms with Crippen molar-refractivity contribution in [1.82, 2.24) is 14.8 Å². The van der Waals surface area contributed by atoms with Crippen LogP contribution >= 0.6 is 0 Å². The lowest BCUT2D eigenvalue weighted by Gasteiger charge is -2.21. The average Bonchev–Trinajstić information content (AvgIpc) is 2.41. The van der Waals surface area contributed by atoms with Crippen LogP contribution in [0.5, 0.6) is 0 Å². The van der Waals surface area contributed by atoms with Crippen molar-refractivity contribution in [3.8, 4) is 0 Å². The summed E-state index contributed by atoms with van der Waals surface area (Å²) in [5.74, 6) is 1.45. The molecule has 0 bridgehead atoms. The van der Waals surface area contributed by atoms with Gasteiger partial charge in [0.2, 0.25) is 0 Å². The minimum atomic E-state index is -0.774. The standard InChI is InChI=1S/C13H23N3O2/c1-9(2)6-10-14-11(16(5)15-10)7-13(3,4)8-12(17)18/h9H,6-8H2,1-5H3,(H,17,18). The molecule has 1 N–H and O–H groups in total. The SMILES string of the molecule is CC(C)Cc1nc(CC(C)(C)CC(=O)O)n(C)n1. The van der Waals surface area contributed by atoms with Crippen LogP contribution in [0.25, 0.3) is 0 Å². The van der Waals surface area contributed by atoms with Gasteiger partial charge in [-0.1, -0.05) is 27.7 Å². The van der Waals surface area contributed by atoms with Gasteiger partial charge < -0.3 is 5.11 Å². The van der Waals surface area contributed by atoms with Crippen LogP contribution in [0.1, 0.15) is 45.8 Å². The van der Waals surface area contributed by atoms with Crippen molar-refractivity contribution in [3.63, 3.8) is 0 Å². The van der Waals surface area contributed by atoms with Crippen molar-refractivity contribution in [2.45, 2.75) is 47.0 Å². The normalized spacial score (nSPS) is 12.1. The number of aromatic nitrogens is 3. The molecule has 0 aliphatic rings. The highest BCUT2D eigenvalue weighted by Gasteiger charge is 2.25. The monoisotopic (exact) mass is 253 g/mol. The first-order chi connectivity index (χ1) is 8.19. The number of hydrogen-bond donors (Lipinski definition) is 1. The fourth-order valence-electron chi connectivity index (χ4n) is 1.98. The molecule has 0 fully saturated rings. The molecule has 5 nitrogen and oxygen atoms in total. The lowest BCUT2D eigenvalue weighted by atomic mass is 9.85. The summed E-state index contributed by atoms with van der Waals surface area (Å²) in [7, 11) is 1.86. The van der Waals surface area contributed by atoms with E-state index >= 15 is 0 Å². The van der Waals surface area contributed by atoms with Gasteiger partial charge in [0, 0.05) is 19.9 Å². The Morgan fingerprint density at radius 2 is 2.06 bits per heavy atom. The second kappa shape index (κ2) is 5.50. The first-order valence-corrected chi connectivity index (χ1v) is 6.30. The Balaban J connectivity index is 2.78. The third kappa shape index (κ3) is 4.47. The second-order valence-corrected chi connectivity index (χ2v) is 6.08. The first-order valence-electron chi connectivity index (χ1n) is 6.30. The highest BCUT2D eigenvalue weighted by Crippen LogP contribution is 2.25. The van der Waals surface area contributed by atoms with E-state index in [1.54, 1.807) is 4.68 Å². The number of carboxylic acids is 1. The minimum absolute atomic E-state index is 0.138. The van der Waals surface area contributed by atoms with Gasteiger partial charge in [0.15, 0.2) is 5.82 Å². The molecular weight excluding hydrogens is 230 g/mol. The van der Waals surface area contributed by atoms with Crippen molar-refractivity contribution in [2.24, 2.45) is 18.4 Å². The molecule has 0 saturated carbocycles. The molecule has 0 spiro atoms. The van der Waals surface area contributed by atoms with Crippen molar-refractivity contribution >= 4 is 5.97 Å². The maximum absolute atomic E-state index is 10.8. The van der Waals surface area contributed by atoms with E-state index < -0.39 is 5.97 Å². The Morgan fingerprint density at radius 1 is 1.44 bits per heavy atom. The van der Waals surface area contributed by atoms with Crippen LogP contribution in [-0.4, -0.2) is 25.8 Å². The van der Waals surface area contributed by atoms with Gasteiger partial charge in [0.25, 0.3) is 0 Å². The summed E-state index contributed by atoms with van der Waals surface area (Å²) in [4.78, 5) is 15.3. The Morgan fingerprint density at radius 3 is 2.56 bits per heavy atom. The zero-order valence-corrected chi connectivity index (χ0v) is 11.9. The maximum Gasteiger partial charge on any atom is 0.303 e. The van der Waals surface area contributed by atoms with Gasteiger partial charge in [0.05, 0.1) is 6.42 Å². The largest absolute Gasteiger partial charge is 0.481 e. The topological polar surface area (TPSA) is 68.0 Å². The molecule has 18 heavy (non-hydrogen) atoms. The predicted molar refractivity (Wildman–Crippen MR) is 69.3 cm³/mol. The Kier molecular flexibility index (Phi) is 4.48. The summed E-state index contributed by atoms with van der Waals surface area (Å²) in [5.41, 5.74) is -0.304. The summed E-state index contributed by atoms with van der Waals surface area (Å²) in [6.07, 6.45) is 1.62. The lowest BCUT2D eigenvalue weighted by Crippen LogP contribution is -2.21. The van der Waals surface area contributed by atoms with Crippen molar-refractivity contribution in [2.75, 3.05) is 0 Å². The zero-order chi connectivity index (χ0) is 13.9. The highest BCUT2D eigenvalue weighted by atomic mass is 16.4. The van der Waals surface area contributed by atoms with E-state index in [1.165, 1.54) is 0 Å². The molecule has 0 atom stereocenters. The van der Waals surface area contributed by atoms with Gasteiger partial charge in [0.1, 0.15) is 5.82 Å². The van der Waals surface area contributed by atoms with Crippen LogP contribution in [0.3, 0.4) is 0 Å². The quantitative estimate of drug-likeness (QED) is 0.842. The first kappa shape index (κ1) is 14.7. The molecule has 1 heterocycles. The lowest BCUT2D eigenvalue weighted by molar-refractivity contribution is -0.139. The van der Waals surface area contributed by atoms with E-state index in [2.05, 4.69) is 23.9 Å². The predicted octanol–water partition coefficient (Wildman–Crippen LogP) is 2.06. The number of carbonyl (C=O) groups is 1. The van der Waals surface area contributed by atoms with Crippen LogP contribution in [0.4, 0.5) is 0 Å². The molecule has 1 rings (SSSR count). The molecule has 1 aromatic heterocycles. The molecule has 102 valence electrons. The summed E-state index contributed by atoms with van der Waals surface area (Å²) in [6, 6.07) is 0. The molecule has 0 unspecified atom stereocenters. The maximum atomic E-state index is 10.8. The molecule has 0 aromatic carbocycles. The molecule has 0 amide bonds. The molecule has 0 radical (unpaired) electrons. The van der Waals surface area contributed by atoms with E-state index in [9.17, 15) is 4.79 Å². The van der Waals surface area contributed by atoms with Gasteiger partial charge in [-0.3, -0.25) is 9.48 Å². The summed E-state index contributed by atoms with van der Waals surface area (Å²) >= 11 is 0. The van der Waals surface area contributed by atoms with Crippen molar-refractivity contribution < 1.29 is 9.90 Å². The Bertz CT molecular complexity index is 422. The van der Waals surface area contributed by atoms with Crippen LogP contribution in [0, 0.1) is 11.3 Å². The fraction of sp³-hybridized carbons (Fsp3) is 0.769. The minimum Gasteiger partial charge on any atom is -0.481 e. The number of aliphatic carboxylic acids is 1. The molecule has 1 aromatic rings.